The number of carbonyl (C=O) groups excluding carboxylic acids is 1. The number of hydrogen-bond donors (Lipinski definition) is 1. The van der Waals surface area contributed by atoms with Crippen molar-refractivity contribution in [2.24, 2.45) is 0 Å². The second-order valence-electron chi connectivity index (χ2n) is 4.49. The van der Waals surface area contributed by atoms with Gasteiger partial charge in [0.15, 0.2) is 0 Å². The molecule has 6 nitrogen and oxygen atoms in total. The minimum Gasteiger partial charge on any atom is -0.481 e. The molecule has 1 rings (SSSR count). The lowest BCUT2D eigenvalue weighted by Crippen LogP contribution is -2.46. The molecule has 1 N–H and O–H groups in total. The van der Waals surface area contributed by atoms with Crippen LogP contribution in [0, 0.1) is 0 Å². The summed E-state index contributed by atoms with van der Waals surface area (Å²) in [6.45, 7) is 6.51. The van der Waals surface area contributed by atoms with Gasteiger partial charge in [-0.3, -0.25) is 4.79 Å². The predicted molar refractivity (Wildman–Crippen MR) is 66.5 cm³/mol. The van der Waals surface area contributed by atoms with Crippen LogP contribution in [0.1, 0.15) is 26.7 Å². The van der Waals surface area contributed by atoms with E-state index in [2.05, 4.69) is 0 Å². The summed E-state index contributed by atoms with van der Waals surface area (Å²) in [5, 5.41) is 8.67. The SMILES string of the molecule is CCN(CCC(=O)O)C(=O)N1CCCOC(C)C1. The van der Waals surface area contributed by atoms with Crippen LogP contribution < -0.4 is 0 Å². The number of carbonyl (C=O) groups is 2. The van der Waals surface area contributed by atoms with E-state index in [1.807, 2.05) is 13.8 Å². The smallest absolute Gasteiger partial charge is 0.320 e. The Kier molecular flexibility index (Phi) is 5.91. The zero-order valence-electron chi connectivity index (χ0n) is 11.1. The van der Waals surface area contributed by atoms with Crippen molar-refractivity contribution < 1.29 is 19.4 Å². The summed E-state index contributed by atoms with van der Waals surface area (Å²) >= 11 is 0. The van der Waals surface area contributed by atoms with E-state index in [0.717, 1.165) is 6.42 Å². The van der Waals surface area contributed by atoms with Crippen LogP contribution in [0.5, 0.6) is 0 Å². The molecule has 1 fully saturated rings. The van der Waals surface area contributed by atoms with Crippen molar-refractivity contribution in [2.75, 3.05) is 32.8 Å². The lowest BCUT2D eigenvalue weighted by Gasteiger charge is -2.29. The van der Waals surface area contributed by atoms with Crippen LogP contribution in [0.3, 0.4) is 0 Å². The van der Waals surface area contributed by atoms with Crippen molar-refractivity contribution in [3.63, 3.8) is 0 Å². The fraction of sp³-hybridized carbons (Fsp3) is 0.833. The number of nitrogens with zero attached hydrogens (tertiary/aromatic N) is 2. The van der Waals surface area contributed by atoms with Gasteiger partial charge in [0.05, 0.1) is 12.5 Å². The maximum absolute atomic E-state index is 12.2. The number of amides is 2. The molecule has 0 spiro atoms. The summed E-state index contributed by atoms with van der Waals surface area (Å²) in [4.78, 5) is 26.1. The van der Waals surface area contributed by atoms with Crippen LogP contribution >= 0.6 is 0 Å². The Hall–Kier alpha value is -1.30. The molecule has 0 bridgehead atoms. The zero-order valence-corrected chi connectivity index (χ0v) is 11.1. The average Bonchev–Trinajstić information content (AvgIpc) is 2.54. The van der Waals surface area contributed by atoms with E-state index in [0.29, 0.717) is 26.2 Å². The number of aliphatic carboxylic acids is 1. The van der Waals surface area contributed by atoms with Crippen LogP contribution in [0.15, 0.2) is 0 Å². The number of carboxylic acids is 1. The van der Waals surface area contributed by atoms with Gasteiger partial charge in [-0.2, -0.15) is 0 Å². The van der Waals surface area contributed by atoms with Crippen LogP contribution in [0.4, 0.5) is 4.79 Å². The predicted octanol–water partition coefficient (Wildman–Crippen LogP) is 1.01. The number of urea groups is 1. The molecule has 1 unspecified atom stereocenters. The summed E-state index contributed by atoms with van der Waals surface area (Å²) < 4.78 is 5.49. The monoisotopic (exact) mass is 258 g/mol. The number of rotatable bonds is 4. The highest BCUT2D eigenvalue weighted by Crippen LogP contribution is 2.09. The van der Waals surface area contributed by atoms with Gasteiger partial charge in [0.2, 0.25) is 0 Å². The molecule has 1 heterocycles. The molecule has 6 heteroatoms. The van der Waals surface area contributed by atoms with Gasteiger partial charge in [-0.25, -0.2) is 4.79 Å². The molecule has 0 radical (unpaired) electrons. The number of hydrogen-bond acceptors (Lipinski definition) is 3. The molecule has 0 aromatic rings. The molecule has 0 aromatic heterocycles. The molecule has 1 aliphatic heterocycles. The van der Waals surface area contributed by atoms with Crippen molar-refractivity contribution in [1.29, 1.82) is 0 Å². The van der Waals surface area contributed by atoms with Crippen molar-refractivity contribution >= 4 is 12.0 Å². The average molecular weight is 258 g/mol. The minimum atomic E-state index is -0.881. The van der Waals surface area contributed by atoms with Crippen LogP contribution in [-0.2, 0) is 9.53 Å². The Balaban J connectivity index is 2.55. The molecule has 1 atom stereocenters. The van der Waals surface area contributed by atoms with Gasteiger partial charge in [-0.05, 0) is 20.3 Å². The van der Waals surface area contributed by atoms with Crippen LogP contribution in [0.2, 0.25) is 0 Å². The molecule has 1 aliphatic rings. The topological polar surface area (TPSA) is 70.1 Å². The Morgan fingerprint density at radius 3 is 2.83 bits per heavy atom. The molecule has 104 valence electrons. The molecular weight excluding hydrogens is 236 g/mol. The van der Waals surface area contributed by atoms with E-state index in [4.69, 9.17) is 9.84 Å². The highest BCUT2D eigenvalue weighted by molar-refractivity contribution is 5.75. The van der Waals surface area contributed by atoms with E-state index in [-0.39, 0.29) is 25.1 Å². The molecule has 0 saturated carbocycles. The van der Waals surface area contributed by atoms with E-state index in [1.54, 1.807) is 9.80 Å². The van der Waals surface area contributed by atoms with E-state index in [1.165, 1.54) is 0 Å². The van der Waals surface area contributed by atoms with E-state index >= 15 is 0 Å². The summed E-state index contributed by atoms with van der Waals surface area (Å²) in [5.74, 6) is -0.881. The maximum atomic E-state index is 12.2. The summed E-state index contributed by atoms with van der Waals surface area (Å²) in [6.07, 6.45) is 0.848. The molecule has 0 aliphatic carbocycles. The van der Waals surface area contributed by atoms with Crippen LogP contribution in [0.25, 0.3) is 0 Å². The fourth-order valence-electron chi connectivity index (χ4n) is 1.99. The Morgan fingerprint density at radius 2 is 2.22 bits per heavy atom. The van der Waals surface area contributed by atoms with Crippen LogP contribution in [-0.4, -0.2) is 65.8 Å². The second kappa shape index (κ2) is 7.20. The van der Waals surface area contributed by atoms with Gasteiger partial charge in [-0.1, -0.05) is 0 Å². The van der Waals surface area contributed by atoms with Crippen molar-refractivity contribution in [2.45, 2.75) is 32.8 Å². The van der Waals surface area contributed by atoms with Gasteiger partial charge in [0.1, 0.15) is 0 Å². The fourth-order valence-corrected chi connectivity index (χ4v) is 1.99. The Morgan fingerprint density at radius 1 is 1.50 bits per heavy atom. The molecular formula is C12H22N2O4. The first-order valence-electron chi connectivity index (χ1n) is 6.41. The second-order valence-corrected chi connectivity index (χ2v) is 4.49. The number of carboxylic acid groups (broad SMARTS) is 1. The van der Waals surface area contributed by atoms with Gasteiger partial charge < -0.3 is 19.6 Å². The van der Waals surface area contributed by atoms with Gasteiger partial charge >= 0.3 is 12.0 Å². The lowest BCUT2D eigenvalue weighted by atomic mass is 10.3. The molecule has 1 saturated heterocycles. The first-order chi connectivity index (χ1) is 8.54. The zero-order chi connectivity index (χ0) is 13.5. The number of ether oxygens (including phenoxy) is 1. The quantitative estimate of drug-likeness (QED) is 0.817. The van der Waals surface area contributed by atoms with Gasteiger partial charge in [0.25, 0.3) is 0 Å². The van der Waals surface area contributed by atoms with Gasteiger partial charge in [-0.15, -0.1) is 0 Å². The normalized spacial score (nSPS) is 20.3. The maximum Gasteiger partial charge on any atom is 0.320 e. The highest BCUT2D eigenvalue weighted by Gasteiger charge is 2.23. The van der Waals surface area contributed by atoms with Crippen molar-refractivity contribution in [1.82, 2.24) is 9.80 Å². The third kappa shape index (κ3) is 4.52. The first-order valence-corrected chi connectivity index (χ1v) is 6.41. The largest absolute Gasteiger partial charge is 0.481 e. The third-order valence-electron chi connectivity index (χ3n) is 2.97. The third-order valence-corrected chi connectivity index (χ3v) is 2.97. The minimum absolute atomic E-state index is 0.0144. The molecule has 2 amide bonds. The standard InChI is InChI=1S/C12H22N2O4/c1-3-13(7-5-11(15)16)12(17)14-6-4-8-18-10(2)9-14/h10H,3-9H2,1-2H3,(H,15,16). The Labute approximate surface area is 107 Å². The summed E-state index contributed by atoms with van der Waals surface area (Å²) in [5.41, 5.74) is 0. The van der Waals surface area contributed by atoms with E-state index in [9.17, 15) is 9.59 Å². The summed E-state index contributed by atoms with van der Waals surface area (Å²) in [6, 6.07) is -0.0869. The summed E-state index contributed by atoms with van der Waals surface area (Å²) in [7, 11) is 0. The molecule has 18 heavy (non-hydrogen) atoms. The first kappa shape index (κ1) is 14.8. The lowest BCUT2D eigenvalue weighted by molar-refractivity contribution is -0.137. The van der Waals surface area contributed by atoms with E-state index < -0.39 is 5.97 Å². The Bertz CT molecular complexity index is 296. The highest BCUT2D eigenvalue weighted by atomic mass is 16.5. The molecule has 0 aromatic carbocycles. The van der Waals surface area contributed by atoms with Crippen molar-refractivity contribution in [3.05, 3.63) is 0 Å². The van der Waals surface area contributed by atoms with Gasteiger partial charge in [0, 0.05) is 32.8 Å². The van der Waals surface area contributed by atoms with Crippen molar-refractivity contribution in [3.8, 4) is 0 Å².